The highest BCUT2D eigenvalue weighted by atomic mass is 32.1. The highest BCUT2D eigenvalue weighted by Gasteiger charge is 2.17. The van der Waals surface area contributed by atoms with Crippen LogP contribution < -0.4 is 5.73 Å². The summed E-state index contributed by atoms with van der Waals surface area (Å²) in [7, 11) is 0. The molecule has 0 atom stereocenters. The van der Waals surface area contributed by atoms with Gasteiger partial charge >= 0.3 is 5.97 Å². The third-order valence-electron chi connectivity index (χ3n) is 2.00. The molecular weight excluding hydrogens is 242 g/mol. The summed E-state index contributed by atoms with van der Waals surface area (Å²) in [4.78, 5) is 19.6. The highest BCUT2D eigenvalue weighted by molar-refractivity contribution is 7.13. The minimum absolute atomic E-state index is 0.0883. The van der Waals surface area contributed by atoms with Crippen LogP contribution in [0.1, 0.15) is 23.2 Å². The normalized spacial score (nSPS) is 10.5. The molecule has 2 rings (SSSR count). The summed E-state index contributed by atoms with van der Waals surface area (Å²) in [6.07, 6.45) is 0. The van der Waals surface area contributed by atoms with Gasteiger partial charge in [-0.1, -0.05) is 0 Å². The van der Waals surface area contributed by atoms with Crippen LogP contribution in [0.15, 0.2) is 9.80 Å². The van der Waals surface area contributed by atoms with Crippen molar-refractivity contribution in [2.24, 2.45) is 0 Å². The third kappa shape index (κ3) is 2.28. The molecule has 90 valence electrons. The molecule has 0 aliphatic rings. The first-order chi connectivity index (χ1) is 8.11. The van der Waals surface area contributed by atoms with Crippen molar-refractivity contribution >= 4 is 23.3 Å². The third-order valence-corrected chi connectivity index (χ3v) is 2.85. The van der Waals surface area contributed by atoms with E-state index < -0.39 is 5.97 Å². The lowest BCUT2D eigenvalue weighted by molar-refractivity contribution is 0.0520. The number of nitrogen functional groups attached to an aromatic ring is 1. The van der Waals surface area contributed by atoms with Gasteiger partial charge in [-0.25, -0.2) is 9.78 Å². The number of anilines is 1. The Morgan fingerprint density at radius 3 is 2.94 bits per heavy atom. The highest BCUT2D eigenvalue weighted by Crippen LogP contribution is 2.27. The summed E-state index contributed by atoms with van der Waals surface area (Å²) in [6, 6.07) is 0.0883. The van der Waals surface area contributed by atoms with Crippen LogP contribution in [0.5, 0.6) is 0 Å². The predicted octanol–water partition coefficient (Wildman–Crippen LogP) is 1.87. The average molecular weight is 253 g/mol. The molecule has 0 aliphatic carbocycles. The van der Waals surface area contributed by atoms with Crippen LogP contribution in [0.4, 0.5) is 6.01 Å². The Morgan fingerprint density at radius 1 is 1.59 bits per heavy atom. The first-order valence-corrected chi connectivity index (χ1v) is 5.85. The number of thiazole rings is 1. The van der Waals surface area contributed by atoms with Crippen molar-refractivity contribution in [3.05, 3.63) is 16.8 Å². The Labute approximate surface area is 101 Å². The smallest absolute Gasteiger partial charge is 0.357 e. The van der Waals surface area contributed by atoms with Crippen molar-refractivity contribution in [3.8, 4) is 10.7 Å². The monoisotopic (exact) mass is 253 g/mol. The molecule has 0 unspecified atom stereocenters. The molecule has 0 saturated carbocycles. The van der Waals surface area contributed by atoms with E-state index in [-0.39, 0.29) is 11.7 Å². The van der Waals surface area contributed by atoms with E-state index in [2.05, 4.69) is 9.97 Å². The topological polar surface area (TPSA) is 91.2 Å². The molecule has 7 heteroatoms. The standard InChI is InChI=1S/C10H11N3O3S/c1-3-15-9(14)6-4-17-8(12-6)7-5(2)16-10(11)13-7/h4H,3H2,1-2H3,(H2,11,13). The molecule has 0 fully saturated rings. The zero-order chi connectivity index (χ0) is 12.4. The zero-order valence-electron chi connectivity index (χ0n) is 9.39. The molecule has 0 amide bonds. The van der Waals surface area contributed by atoms with Crippen LogP contribution in [0.25, 0.3) is 10.7 Å². The molecule has 2 heterocycles. The van der Waals surface area contributed by atoms with E-state index in [1.54, 1.807) is 19.2 Å². The second kappa shape index (κ2) is 4.54. The number of nitrogens with two attached hydrogens (primary N) is 1. The van der Waals surface area contributed by atoms with Crippen molar-refractivity contribution < 1.29 is 13.9 Å². The number of carbonyl (C=O) groups excluding carboxylic acids is 1. The molecule has 0 aromatic carbocycles. The SMILES string of the molecule is CCOC(=O)c1csc(-c2nc(N)oc2C)n1. The van der Waals surface area contributed by atoms with Crippen LogP contribution >= 0.6 is 11.3 Å². The molecule has 6 nitrogen and oxygen atoms in total. The number of ether oxygens (including phenoxy) is 1. The van der Waals surface area contributed by atoms with E-state index in [0.717, 1.165) is 0 Å². The van der Waals surface area contributed by atoms with Crippen LogP contribution in [-0.4, -0.2) is 22.5 Å². The van der Waals surface area contributed by atoms with Gasteiger partial charge in [0, 0.05) is 5.38 Å². The number of aryl methyl sites for hydroxylation is 1. The van der Waals surface area contributed by atoms with Crippen LogP contribution in [0, 0.1) is 6.92 Å². The summed E-state index contributed by atoms with van der Waals surface area (Å²) < 4.78 is 9.95. The fourth-order valence-corrected chi connectivity index (χ4v) is 2.12. The quantitative estimate of drug-likeness (QED) is 0.839. The van der Waals surface area contributed by atoms with E-state index in [1.165, 1.54) is 11.3 Å². The molecule has 2 aromatic rings. The lowest BCUT2D eigenvalue weighted by atomic mass is 10.4. The maximum Gasteiger partial charge on any atom is 0.357 e. The second-order valence-corrected chi connectivity index (χ2v) is 4.07. The van der Waals surface area contributed by atoms with Crippen molar-refractivity contribution in [1.29, 1.82) is 0 Å². The van der Waals surface area contributed by atoms with Crippen LogP contribution in [0.2, 0.25) is 0 Å². The van der Waals surface area contributed by atoms with Gasteiger partial charge in [-0.3, -0.25) is 0 Å². The summed E-state index contributed by atoms with van der Waals surface area (Å²) in [6.45, 7) is 3.80. The Hall–Kier alpha value is -1.89. The lowest BCUT2D eigenvalue weighted by Crippen LogP contribution is -2.04. The minimum atomic E-state index is -0.441. The number of hydrogen-bond donors (Lipinski definition) is 1. The largest absolute Gasteiger partial charge is 0.461 e. The first kappa shape index (κ1) is 11.6. The summed E-state index contributed by atoms with van der Waals surface area (Å²) in [5, 5.41) is 2.21. The van der Waals surface area contributed by atoms with Crippen LogP contribution in [0.3, 0.4) is 0 Å². The Balaban J connectivity index is 2.30. The van der Waals surface area contributed by atoms with E-state index in [1.807, 2.05) is 0 Å². The number of esters is 1. The van der Waals surface area contributed by atoms with Crippen molar-refractivity contribution in [3.63, 3.8) is 0 Å². The fourth-order valence-electron chi connectivity index (χ4n) is 1.30. The van der Waals surface area contributed by atoms with Gasteiger partial charge in [0.2, 0.25) is 0 Å². The van der Waals surface area contributed by atoms with Gasteiger partial charge in [-0.05, 0) is 13.8 Å². The van der Waals surface area contributed by atoms with Gasteiger partial charge in [0.1, 0.15) is 16.5 Å². The lowest BCUT2D eigenvalue weighted by Gasteiger charge is -1.95. The summed E-state index contributed by atoms with van der Waals surface area (Å²) >= 11 is 1.29. The van der Waals surface area contributed by atoms with Gasteiger partial charge in [-0.15, -0.1) is 11.3 Å². The molecule has 2 aromatic heterocycles. The molecule has 0 radical (unpaired) electrons. The molecule has 0 bridgehead atoms. The van der Waals surface area contributed by atoms with Crippen molar-refractivity contribution in [1.82, 2.24) is 9.97 Å². The van der Waals surface area contributed by atoms with Gasteiger partial charge in [-0.2, -0.15) is 4.98 Å². The van der Waals surface area contributed by atoms with Gasteiger partial charge < -0.3 is 14.9 Å². The Morgan fingerprint density at radius 2 is 2.35 bits per heavy atom. The maximum atomic E-state index is 11.4. The fraction of sp³-hybridized carbons (Fsp3) is 0.300. The van der Waals surface area contributed by atoms with Gasteiger partial charge in [0.25, 0.3) is 6.01 Å². The Kier molecular flexibility index (Phi) is 3.10. The summed E-state index contributed by atoms with van der Waals surface area (Å²) in [5.41, 5.74) is 6.27. The zero-order valence-corrected chi connectivity index (χ0v) is 10.2. The second-order valence-electron chi connectivity index (χ2n) is 3.22. The number of aromatic nitrogens is 2. The molecular formula is C10H11N3O3S. The first-order valence-electron chi connectivity index (χ1n) is 4.97. The van der Waals surface area contributed by atoms with E-state index in [0.29, 0.717) is 23.1 Å². The van der Waals surface area contributed by atoms with Gasteiger partial charge in [0.05, 0.1) is 6.61 Å². The predicted molar refractivity (Wildman–Crippen MR) is 62.7 cm³/mol. The molecule has 2 N–H and O–H groups in total. The molecule has 0 spiro atoms. The number of carbonyl (C=O) groups is 1. The summed E-state index contributed by atoms with van der Waals surface area (Å²) in [5.74, 6) is 0.136. The molecule has 0 saturated heterocycles. The number of oxazole rings is 1. The van der Waals surface area contributed by atoms with Gasteiger partial charge in [0.15, 0.2) is 5.69 Å². The minimum Gasteiger partial charge on any atom is -0.461 e. The number of rotatable bonds is 3. The van der Waals surface area contributed by atoms with E-state index >= 15 is 0 Å². The van der Waals surface area contributed by atoms with Crippen molar-refractivity contribution in [2.75, 3.05) is 12.3 Å². The van der Waals surface area contributed by atoms with Crippen molar-refractivity contribution in [2.45, 2.75) is 13.8 Å². The number of hydrogen-bond acceptors (Lipinski definition) is 7. The maximum absolute atomic E-state index is 11.4. The molecule has 17 heavy (non-hydrogen) atoms. The van der Waals surface area contributed by atoms with Crippen LogP contribution in [-0.2, 0) is 4.74 Å². The van der Waals surface area contributed by atoms with E-state index in [9.17, 15) is 4.79 Å². The average Bonchev–Trinajstić information content (AvgIpc) is 2.85. The number of nitrogens with zero attached hydrogens (tertiary/aromatic N) is 2. The Bertz CT molecular complexity index is 547. The van der Waals surface area contributed by atoms with E-state index in [4.69, 9.17) is 14.9 Å². The molecule has 0 aliphatic heterocycles.